The van der Waals surface area contributed by atoms with E-state index in [9.17, 15) is 14.4 Å². The van der Waals surface area contributed by atoms with Gasteiger partial charge in [0.05, 0.1) is 12.6 Å². The van der Waals surface area contributed by atoms with Crippen LogP contribution in [0.2, 0.25) is 0 Å². The van der Waals surface area contributed by atoms with Crippen molar-refractivity contribution < 1.29 is 14.3 Å². The van der Waals surface area contributed by atoms with E-state index in [4.69, 9.17) is 4.74 Å². The van der Waals surface area contributed by atoms with E-state index >= 15 is 0 Å². The highest BCUT2D eigenvalue weighted by molar-refractivity contribution is 5.99. The number of amides is 1. The van der Waals surface area contributed by atoms with Crippen molar-refractivity contribution in [2.45, 2.75) is 26.2 Å². The van der Waals surface area contributed by atoms with Crippen molar-refractivity contribution in [3.63, 3.8) is 0 Å². The zero-order chi connectivity index (χ0) is 20.8. The topological polar surface area (TPSA) is 88.3 Å². The Bertz CT molecular complexity index is 1100. The Morgan fingerprint density at radius 1 is 1.07 bits per heavy atom. The first kappa shape index (κ1) is 20.3. The Balaban J connectivity index is 1.52. The monoisotopic (exact) mass is 392 g/mol. The summed E-state index contributed by atoms with van der Waals surface area (Å²) in [6.07, 6.45) is 0.699. The Hall–Kier alpha value is -3.41. The van der Waals surface area contributed by atoms with Gasteiger partial charge in [-0.3, -0.25) is 14.4 Å². The fraction of sp³-hybridized carbons (Fsp3) is 0.261. The second kappa shape index (κ2) is 9.19. The highest BCUT2D eigenvalue weighted by Crippen LogP contribution is 2.18. The van der Waals surface area contributed by atoms with Crippen LogP contribution >= 0.6 is 0 Å². The molecule has 2 N–H and O–H groups in total. The van der Waals surface area contributed by atoms with E-state index in [1.54, 1.807) is 19.2 Å². The molecule has 0 radical (unpaired) electrons. The van der Waals surface area contributed by atoms with Gasteiger partial charge in [-0.15, -0.1) is 0 Å². The number of pyridine rings is 1. The third-order valence-electron chi connectivity index (χ3n) is 4.87. The molecule has 0 aliphatic carbocycles. The molecule has 0 unspecified atom stereocenters. The molecule has 0 saturated heterocycles. The van der Waals surface area contributed by atoms with Crippen LogP contribution < -0.4 is 15.6 Å². The number of carbonyl (C=O) groups is 2. The van der Waals surface area contributed by atoms with E-state index in [2.05, 4.69) is 10.3 Å². The third-order valence-corrected chi connectivity index (χ3v) is 4.87. The molecule has 150 valence electrons. The van der Waals surface area contributed by atoms with Crippen LogP contribution in [0.3, 0.4) is 0 Å². The molecule has 0 aliphatic heterocycles. The molecule has 0 atom stereocenters. The molecule has 6 nitrogen and oxygen atoms in total. The number of fused-ring (bicyclic) bond motifs is 1. The molecule has 0 saturated carbocycles. The molecular weight excluding hydrogens is 368 g/mol. The number of aromatic amines is 1. The van der Waals surface area contributed by atoms with Crippen LogP contribution in [0.4, 0.5) is 0 Å². The van der Waals surface area contributed by atoms with Crippen molar-refractivity contribution >= 4 is 22.6 Å². The van der Waals surface area contributed by atoms with Crippen molar-refractivity contribution in [1.29, 1.82) is 0 Å². The zero-order valence-corrected chi connectivity index (χ0v) is 16.6. The van der Waals surface area contributed by atoms with Crippen molar-refractivity contribution in [2.24, 2.45) is 0 Å². The summed E-state index contributed by atoms with van der Waals surface area (Å²) in [6.45, 7) is 2.21. The highest BCUT2D eigenvalue weighted by Gasteiger charge is 2.11. The summed E-state index contributed by atoms with van der Waals surface area (Å²) < 4.78 is 5.16. The lowest BCUT2D eigenvalue weighted by Gasteiger charge is -2.07. The van der Waals surface area contributed by atoms with Gasteiger partial charge in [0.25, 0.3) is 5.56 Å². The predicted octanol–water partition coefficient (Wildman–Crippen LogP) is 3.17. The van der Waals surface area contributed by atoms with Gasteiger partial charge in [-0.25, -0.2) is 0 Å². The molecule has 29 heavy (non-hydrogen) atoms. The van der Waals surface area contributed by atoms with Crippen LogP contribution in [0.15, 0.2) is 53.3 Å². The lowest BCUT2D eigenvalue weighted by atomic mass is 10.0. The number of aromatic nitrogens is 1. The summed E-state index contributed by atoms with van der Waals surface area (Å²) in [6, 6.07) is 14.7. The van der Waals surface area contributed by atoms with Gasteiger partial charge in [-0.05, 0) is 42.5 Å². The van der Waals surface area contributed by atoms with E-state index in [0.29, 0.717) is 35.4 Å². The molecule has 2 aromatic carbocycles. The molecule has 0 spiro atoms. The number of Topliss-reactive ketones (excluding diaryl/α,β-unsaturated/α-hetero) is 1. The molecule has 6 heteroatoms. The predicted molar refractivity (Wildman–Crippen MR) is 113 cm³/mol. The van der Waals surface area contributed by atoms with Crippen LogP contribution in [0.5, 0.6) is 5.75 Å². The van der Waals surface area contributed by atoms with E-state index in [1.807, 2.05) is 43.3 Å². The van der Waals surface area contributed by atoms with Crippen molar-refractivity contribution in [1.82, 2.24) is 10.3 Å². The summed E-state index contributed by atoms with van der Waals surface area (Å²) in [7, 11) is 1.57. The molecule has 3 rings (SSSR count). The molecule has 1 amide bonds. The summed E-state index contributed by atoms with van der Waals surface area (Å²) >= 11 is 0. The smallest absolute Gasteiger partial charge is 0.251 e. The van der Waals surface area contributed by atoms with Crippen LogP contribution in [0, 0.1) is 6.92 Å². The van der Waals surface area contributed by atoms with Gasteiger partial charge in [0, 0.05) is 36.6 Å². The standard InChI is InChI=1S/C23H24N2O4/c1-15-5-3-4-6-19(15)21(26)9-10-22(27)24-12-11-17-13-16-7-8-18(29-2)14-20(16)25-23(17)28/h3-8,13-14H,9-12H2,1-2H3,(H,24,27)(H,25,28). The van der Waals surface area contributed by atoms with Crippen molar-refractivity contribution in [3.8, 4) is 5.75 Å². The minimum atomic E-state index is -0.200. The number of carbonyl (C=O) groups excluding carboxylic acids is 2. The summed E-state index contributed by atoms with van der Waals surface area (Å²) in [5.41, 5.74) is 2.68. The number of rotatable bonds is 8. The Kier molecular flexibility index (Phi) is 6.44. The normalized spacial score (nSPS) is 10.7. The average molecular weight is 392 g/mol. The number of hydrogen-bond acceptors (Lipinski definition) is 4. The number of benzene rings is 2. The van der Waals surface area contributed by atoms with Gasteiger partial charge in [-0.1, -0.05) is 24.3 Å². The van der Waals surface area contributed by atoms with Crippen LogP contribution in [0.1, 0.15) is 34.3 Å². The number of ether oxygens (including phenoxy) is 1. The first-order valence-electron chi connectivity index (χ1n) is 9.53. The fourth-order valence-electron chi connectivity index (χ4n) is 3.21. The first-order valence-corrected chi connectivity index (χ1v) is 9.53. The number of hydrogen-bond donors (Lipinski definition) is 2. The minimum Gasteiger partial charge on any atom is -0.497 e. The molecule has 0 aliphatic rings. The SMILES string of the molecule is COc1ccc2cc(CCNC(=O)CCC(=O)c3ccccc3C)c(=O)[nH]c2c1. The maximum absolute atomic E-state index is 12.3. The highest BCUT2D eigenvalue weighted by atomic mass is 16.5. The quantitative estimate of drug-likeness (QED) is 0.577. The number of ketones is 1. The van der Waals surface area contributed by atoms with Gasteiger partial charge in [-0.2, -0.15) is 0 Å². The number of methoxy groups -OCH3 is 1. The van der Waals surface area contributed by atoms with Crippen molar-refractivity contribution in [3.05, 3.63) is 75.6 Å². The van der Waals surface area contributed by atoms with E-state index in [0.717, 1.165) is 10.9 Å². The third kappa shape index (κ3) is 5.10. The molecule has 3 aromatic rings. The van der Waals surface area contributed by atoms with Gasteiger partial charge >= 0.3 is 0 Å². The summed E-state index contributed by atoms with van der Waals surface area (Å²) in [5, 5.41) is 3.68. The average Bonchev–Trinajstić information content (AvgIpc) is 2.72. The Morgan fingerprint density at radius 3 is 2.62 bits per heavy atom. The van der Waals surface area contributed by atoms with E-state index in [-0.39, 0.29) is 30.1 Å². The first-order chi connectivity index (χ1) is 14.0. The second-order valence-electron chi connectivity index (χ2n) is 6.91. The van der Waals surface area contributed by atoms with Gasteiger partial charge in [0.1, 0.15) is 5.75 Å². The second-order valence-corrected chi connectivity index (χ2v) is 6.91. The number of aryl methyl sites for hydroxylation is 1. The Labute approximate surface area is 168 Å². The lowest BCUT2D eigenvalue weighted by molar-refractivity contribution is -0.121. The zero-order valence-electron chi connectivity index (χ0n) is 16.6. The number of H-pyrrole nitrogens is 1. The fourth-order valence-corrected chi connectivity index (χ4v) is 3.21. The van der Waals surface area contributed by atoms with Gasteiger partial charge in [0.2, 0.25) is 5.91 Å². The molecule has 1 heterocycles. The maximum atomic E-state index is 12.3. The van der Waals surface area contributed by atoms with E-state index in [1.165, 1.54) is 0 Å². The summed E-state index contributed by atoms with van der Waals surface area (Å²) in [5.74, 6) is 0.432. The minimum absolute atomic E-state index is 0.0420. The van der Waals surface area contributed by atoms with Gasteiger partial charge < -0.3 is 15.0 Å². The van der Waals surface area contributed by atoms with Crippen LogP contribution in [-0.4, -0.2) is 30.3 Å². The van der Waals surface area contributed by atoms with Crippen molar-refractivity contribution in [2.75, 3.05) is 13.7 Å². The largest absolute Gasteiger partial charge is 0.497 e. The number of nitrogens with one attached hydrogen (secondary N) is 2. The molecule has 0 fully saturated rings. The van der Waals surface area contributed by atoms with Crippen LogP contribution in [0.25, 0.3) is 10.9 Å². The Morgan fingerprint density at radius 2 is 1.86 bits per heavy atom. The summed E-state index contributed by atoms with van der Waals surface area (Å²) in [4.78, 5) is 39.4. The maximum Gasteiger partial charge on any atom is 0.251 e. The lowest BCUT2D eigenvalue weighted by Crippen LogP contribution is -2.27. The molecule has 0 bridgehead atoms. The van der Waals surface area contributed by atoms with Crippen LogP contribution in [-0.2, 0) is 11.2 Å². The molecular formula is C23H24N2O4. The van der Waals surface area contributed by atoms with Gasteiger partial charge in [0.15, 0.2) is 5.78 Å². The molecule has 1 aromatic heterocycles. The van der Waals surface area contributed by atoms with E-state index < -0.39 is 0 Å².